The monoisotopic (exact) mass is 258 g/mol. The Bertz CT molecular complexity index is 326. The smallest absolute Gasteiger partial charge is 0.182 e. The highest BCUT2D eigenvalue weighted by Crippen LogP contribution is 2.19. The van der Waals surface area contributed by atoms with Crippen molar-refractivity contribution in [2.45, 2.75) is 39.4 Å². The quantitative estimate of drug-likeness (QED) is 0.728. The average molecular weight is 258 g/mol. The Kier molecular flexibility index (Phi) is 5.88. The Morgan fingerprint density at radius 1 is 1.47 bits per heavy atom. The van der Waals surface area contributed by atoms with E-state index in [1.54, 1.807) is 18.4 Å². The summed E-state index contributed by atoms with van der Waals surface area (Å²) in [5.74, 6) is 0. The zero-order chi connectivity index (χ0) is 12.7. The molecule has 0 aliphatic rings. The third-order valence-corrected chi connectivity index (χ3v) is 3.46. The minimum Gasteiger partial charge on any atom is -0.379 e. The summed E-state index contributed by atoms with van der Waals surface area (Å²) in [6.45, 7) is 8.41. The minimum atomic E-state index is -0.109. The second kappa shape index (κ2) is 6.93. The highest BCUT2D eigenvalue weighted by atomic mass is 32.1. The molecule has 1 N–H and O–H groups in total. The maximum absolute atomic E-state index is 5.61. The normalized spacial score (nSPS) is 11.8. The van der Waals surface area contributed by atoms with E-state index in [1.807, 2.05) is 6.20 Å². The van der Waals surface area contributed by atoms with Crippen LogP contribution in [0.15, 0.2) is 6.20 Å². The summed E-state index contributed by atoms with van der Waals surface area (Å²) in [4.78, 5) is 5.40. The molecule has 0 unspecified atom stereocenters. The average Bonchev–Trinajstić information content (AvgIpc) is 2.73. The number of nitrogens with one attached hydrogen (secondary N) is 1. The molecular formula is C12H22N2O2S. The van der Waals surface area contributed by atoms with Gasteiger partial charge in [-0.2, -0.15) is 0 Å². The van der Waals surface area contributed by atoms with Gasteiger partial charge in [0.1, 0.15) is 0 Å². The lowest BCUT2D eigenvalue weighted by molar-refractivity contribution is -0.0121. The number of hydrogen-bond donors (Lipinski definition) is 1. The number of nitrogens with zero attached hydrogens (tertiary/aromatic N) is 1. The molecule has 98 valence electrons. The zero-order valence-electron chi connectivity index (χ0n) is 11.1. The first-order valence-corrected chi connectivity index (χ1v) is 6.70. The Morgan fingerprint density at radius 3 is 2.88 bits per heavy atom. The molecule has 5 heteroatoms. The summed E-state index contributed by atoms with van der Waals surface area (Å²) in [5.41, 5.74) is -0.109. The van der Waals surface area contributed by atoms with Crippen molar-refractivity contribution in [2.75, 3.05) is 25.6 Å². The predicted octanol–water partition coefficient (Wildman–Crippen LogP) is 2.91. The van der Waals surface area contributed by atoms with E-state index in [9.17, 15) is 0 Å². The van der Waals surface area contributed by atoms with Crippen LogP contribution in [0.2, 0.25) is 0 Å². The van der Waals surface area contributed by atoms with Crippen molar-refractivity contribution in [1.82, 2.24) is 4.98 Å². The maximum Gasteiger partial charge on any atom is 0.182 e. The fraction of sp³-hybridized carbons (Fsp3) is 0.750. The summed E-state index contributed by atoms with van der Waals surface area (Å²) < 4.78 is 10.9. The molecule has 0 saturated carbocycles. The fourth-order valence-electron chi connectivity index (χ4n) is 1.20. The summed E-state index contributed by atoms with van der Waals surface area (Å²) in [5, 5.41) is 4.14. The van der Waals surface area contributed by atoms with Crippen LogP contribution in [0.25, 0.3) is 0 Å². The van der Waals surface area contributed by atoms with E-state index in [4.69, 9.17) is 9.47 Å². The van der Waals surface area contributed by atoms with Crippen LogP contribution in [0.3, 0.4) is 0 Å². The van der Waals surface area contributed by atoms with Crippen molar-refractivity contribution in [3.8, 4) is 0 Å². The van der Waals surface area contributed by atoms with Crippen LogP contribution in [0, 0.1) is 0 Å². The second-order valence-corrected chi connectivity index (χ2v) is 5.54. The van der Waals surface area contributed by atoms with E-state index in [2.05, 4.69) is 31.1 Å². The molecule has 0 aliphatic heterocycles. The van der Waals surface area contributed by atoms with Crippen molar-refractivity contribution < 1.29 is 9.47 Å². The van der Waals surface area contributed by atoms with Crippen molar-refractivity contribution in [3.63, 3.8) is 0 Å². The molecule has 0 aliphatic carbocycles. The van der Waals surface area contributed by atoms with Crippen LogP contribution < -0.4 is 5.32 Å². The molecule has 1 rings (SSSR count). The molecule has 1 aromatic heterocycles. The molecule has 1 heterocycles. The number of aromatic nitrogens is 1. The third-order valence-electron chi connectivity index (χ3n) is 2.53. The molecule has 1 aromatic rings. The van der Waals surface area contributed by atoms with Gasteiger partial charge in [-0.3, -0.25) is 0 Å². The third kappa shape index (κ3) is 5.48. The molecule has 4 nitrogen and oxygen atoms in total. The number of rotatable bonds is 8. The van der Waals surface area contributed by atoms with Crippen LogP contribution in [0.4, 0.5) is 5.13 Å². The number of thiazole rings is 1. The SMILES string of the molecule is CCNc1ncc(COCCC(C)(C)OC)s1. The lowest BCUT2D eigenvalue weighted by Crippen LogP contribution is -2.24. The van der Waals surface area contributed by atoms with Gasteiger partial charge in [-0.15, -0.1) is 0 Å². The second-order valence-electron chi connectivity index (χ2n) is 4.43. The topological polar surface area (TPSA) is 43.4 Å². The van der Waals surface area contributed by atoms with Gasteiger partial charge in [0, 0.05) is 26.5 Å². The number of ether oxygens (including phenoxy) is 2. The minimum absolute atomic E-state index is 0.109. The number of methoxy groups -OCH3 is 1. The molecule has 0 bridgehead atoms. The van der Waals surface area contributed by atoms with E-state index in [-0.39, 0.29) is 5.60 Å². The van der Waals surface area contributed by atoms with E-state index in [0.717, 1.165) is 23.0 Å². The van der Waals surface area contributed by atoms with Gasteiger partial charge in [-0.1, -0.05) is 11.3 Å². The molecule has 0 fully saturated rings. The number of anilines is 1. The molecular weight excluding hydrogens is 236 g/mol. The van der Waals surface area contributed by atoms with E-state index in [0.29, 0.717) is 13.2 Å². The maximum atomic E-state index is 5.61. The zero-order valence-corrected chi connectivity index (χ0v) is 11.9. The van der Waals surface area contributed by atoms with E-state index < -0.39 is 0 Å². The van der Waals surface area contributed by atoms with Crippen LogP contribution in [0.5, 0.6) is 0 Å². The lowest BCUT2D eigenvalue weighted by Gasteiger charge is -2.22. The Hall–Kier alpha value is -0.650. The molecule has 17 heavy (non-hydrogen) atoms. The Labute approximate surface area is 107 Å². The highest BCUT2D eigenvalue weighted by Gasteiger charge is 2.15. The van der Waals surface area contributed by atoms with Crippen LogP contribution in [-0.4, -0.2) is 30.8 Å². The summed E-state index contributed by atoms with van der Waals surface area (Å²) in [7, 11) is 1.73. The molecule has 0 aromatic carbocycles. The van der Waals surface area contributed by atoms with Gasteiger partial charge in [0.25, 0.3) is 0 Å². The van der Waals surface area contributed by atoms with Crippen LogP contribution in [0.1, 0.15) is 32.1 Å². The molecule has 0 spiro atoms. The van der Waals surface area contributed by atoms with Gasteiger partial charge in [0.15, 0.2) is 5.13 Å². The highest BCUT2D eigenvalue weighted by molar-refractivity contribution is 7.15. The van der Waals surface area contributed by atoms with E-state index in [1.165, 1.54) is 0 Å². The predicted molar refractivity (Wildman–Crippen MR) is 71.6 cm³/mol. The summed E-state index contributed by atoms with van der Waals surface area (Å²) >= 11 is 1.64. The van der Waals surface area contributed by atoms with E-state index >= 15 is 0 Å². The van der Waals surface area contributed by atoms with Gasteiger partial charge in [-0.05, 0) is 27.2 Å². The standard InChI is InChI=1S/C12H22N2O2S/c1-5-13-11-14-8-10(17-11)9-16-7-6-12(2,3)15-4/h8H,5-7,9H2,1-4H3,(H,13,14). The molecule has 0 radical (unpaired) electrons. The largest absolute Gasteiger partial charge is 0.379 e. The molecule has 0 saturated heterocycles. The van der Waals surface area contributed by atoms with Crippen molar-refractivity contribution in [1.29, 1.82) is 0 Å². The van der Waals surface area contributed by atoms with Gasteiger partial charge < -0.3 is 14.8 Å². The molecule has 0 amide bonds. The van der Waals surface area contributed by atoms with Crippen molar-refractivity contribution >= 4 is 16.5 Å². The first-order chi connectivity index (χ1) is 8.07. The lowest BCUT2D eigenvalue weighted by atomic mass is 10.1. The summed E-state index contributed by atoms with van der Waals surface area (Å²) in [6.07, 6.45) is 2.76. The van der Waals surface area contributed by atoms with Gasteiger partial charge in [-0.25, -0.2) is 4.98 Å². The first kappa shape index (κ1) is 14.4. The van der Waals surface area contributed by atoms with Crippen LogP contribution >= 0.6 is 11.3 Å². The van der Waals surface area contributed by atoms with Gasteiger partial charge in [0.05, 0.1) is 17.1 Å². The Morgan fingerprint density at radius 2 is 2.24 bits per heavy atom. The van der Waals surface area contributed by atoms with Gasteiger partial charge >= 0.3 is 0 Å². The van der Waals surface area contributed by atoms with Crippen molar-refractivity contribution in [2.24, 2.45) is 0 Å². The van der Waals surface area contributed by atoms with Gasteiger partial charge in [0.2, 0.25) is 0 Å². The first-order valence-electron chi connectivity index (χ1n) is 5.89. The Balaban J connectivity index is 2.22. The fourth-order valence-corrected chi connectivity index (χ4v) is 2.02. The van der Waals surface area contributed by atoms with Crippen LogP contribution in [-0.2, 0) is 16.1 Å². The summed E-state index contributed by atoms with van der Waals surface area (Å²) in [6, 6.07) is 0. The van der Waals surface area contributed by atoms with Crippen molar-refractivity contribution in [3.05, 3.63) is 11.1 Å². The molecule has 0 atom stereocenters. The number of hydrogen-bond acceptors (Lipinski definition) is 5.